The average molecular weight is 364 g/mol. The van der Waals surface area contributed by atoms with Crippen LogP contribution in [0, 0.1) is 11.3 Å². The summed E-state index contributed by atoms with van der Waals surface area (Å²) in [5.41, 5.74) is 0. The standard InChI is InChI=1S/C6H7Cl4FN2O2S2/c1-2-17(14,15)13(4-3-12)16-6(9,10)5(7,8)11/h2,4H2,1H3. The van der Waals surface area contributed by atoms with E-state index in [0.717, 1.165) is 0 Å². The van der Waals surface area contributed by atoms with E-state index >= 15 is 0 Å². The lowest BCUT2D eigenvalue weighted by Gasteiger charge is -2.29. The van der Waals surface area contributed by atoms with Gasteiger partial charge in [0, 0.05) is 0 Å². The Balaban J connectivity index is 5.12. The fraction of sp³-hybridized carbons (Fsp3) is 0.833. The summed E-state index contributed by atoms with van der Waals surface area (Å²) < 4.78 is 31.2. The Morgan fingerprint density at radius 3 is 2.18 bits per heavy atom. The highest BCUT2D eigenvalue weighted by atomic mass is 35.5. The van der Waals surface area contributed by atoms with Crippen molar-refractivity contribution >= 4 is 68.4 Å². The highest BCUT2D eigenvalue weighted by Crippen LogP contribution is 2.52. The highest BCUT2D eigenvalue weighted by Gasteiger charge is 2.51. The first-order valence-electron chi connectivity index (χ1n) is 3.99. The highest BCUT2D eigenvalue weighted by molar-refractivity contribution is 8.11. The van der Waals surface area contributed by atoms with Crippen molar-refractivity contribution in [1.29, 1.82) is 5.26 Å². The van der Waals surface area contributed by atoms with Gasteiger partial charge in [-0.2, -0.15) is 5.26 Å². The minimum absolute atomic E-state index is 0.125. The summed E-state index contributed by atoms with van der Waals surface area (Å²) in [6.07, 6.45) is 0. The van der Waals surface area contributed by atoms with E-state index in [-0.39, 0.29) is 17.7 Å². The van der Waals surface area contributed by atoms with Crippen LogP contribution in [0.15, 0.2) is 0 Å². The summed E-state index contributed by atoms with van der Waals surface area (Å²) in [6.45, 7) is 0.778. The van der Waals surface area contributed by atoms with Crippen molar-refractivity contribution in [2.24, 2.45) is 0 Å². The molecule has 0 aromatic carbocycles. The largest absolute Gasteiger partial charge is 0.301 e. The van der Waals surface area contributed by atoms with E-state index < -0.39 is 24.8 Å². The molecule has 0 saturated heterocycles. The van der Waals surface area contributed by atoms with E-state index in [2.05, 4.69) is 0 Å². The van der Waals surface area contributed by atoms with Crippen molar-refractivity contribution in [2.75, 3.05) is 12.3 Å². The number of rotatable bonds is 6. The number of sulfonamides is 1. The minimum atomic E-state index is -3.79. The van der Waals surface area contributed by atoms with Crippen molar-refractivity contribution < 1.29 is 12.8 Å². The van der Waals surface area contributed by atoms with Crippen LogP contribution in [0.1, 0.15) is 6.92 Å². The Labute approximate surface area is 123 Å². The van der Waals surface area contributed by atoms with Crippen LogP contribution in [0.2, 0.25) is 0 Å². The van der Waals surface area contributed by atoms with Crippen molar-refractivity contribution in [3.8, 4) is 6.07 Å². The lowest BCUT2D eigenvalue weighted by atomic mass is 10.8. The van der Waals surface area contributed by atoms with Gasteiger partial charge in [0.1, 0.15) is 6.54 Å². The molecule has 0 aliphatic heterocycles. The zero-order chi connectivity index (χ0) is 13.9. The quantitative estimate of drug-likeness (QED) is 0.413. The molecule has 0 radical (unpaired) electrons. The molecular formula is C6H7Cl4FN2O2S2. The van der Waals surface area contributed by atoms with E-state index in [9.17, 15) is 12.8 Å². The molecule has 17 heavy (non-hydrogen) atoms. The molecule has 0 saturated carbocycles. The van der Waals surface area contributed by atoms with Gasteiger partial charge in [-0.25, -0.2) is 12.8 Å². The number of hydrogen-bond acceptors (Lipinski definition) is 4. The molecule has 0 bridgehead atoms. The molecule has 0 aromatic rings. The zero-order valence-corrected chi connectivity index (χ0v) is 13.0. The first kappa shape index (κ1) is 17.8. The maximum Gasteiger partial charge on any atom is 0.301 e. The third kappa shape index (κ3) is 5.15. The monoisotopic (exact) mass is 362 g/mol. The van der Waals surface area contributed by atoms with E-state index in [1.54, 1.807) is 6.07 Å². The predicted molar refractivity (Wildman–Crippen MR) is 69.4 cm³/mol. The molecule has 0 unspecified atom stereocenters. The van der Waals surface area contributed by atoms with Crippen LogP contribution in [-0.2, 0) is 10.0 Å². The third-order valence-corrected chi connectivity index (χ3v) is 6.76. The summed E-state index contributed by atoms with van der Waals surface area (Å²) in [7, 11) is -3.79. The molecule has 4 nitrogen and oxygen atoms in total. The summed E-state index contributed by atoms with van der Waals surface area (Å²) in [5, 5.41) is 8.48. The fourth-order valence-electron chi connectivity index (χ4n) is 0.569. The summed E-state index contributed by atoms with van der Waals surface area (Å²) in [5.74, 6) is -0.310. The van der Waals surface area contributed by atoms with Gasteiger partial charge >= 0.3 is 4.59 Å². The second kappa shape index (κ2) is 6.33. The van der Waals surface area contributed by atoms with Crippen LogP contribution in [0.5, 0.6) is 0 Å². The van der Waals surface area contributed by atoms with Crippen LogP contribution < -0.4 is 0 Å². The first-order valence-corrected chi connectivity index (χ1v) is 7.88. The average Bonchev–Trinajstić information content (AvgIpc) is 2.15. The molecule has 0 aliphatic rings. The van der Waals surface area contributed by atoms with Crippen LogP contribution in [0.3, 0.4) is 0 Å². The molecule has 0 aromatic heterocycles. The zero-order valence-electron chi connectivity index (χ0n) is 8.33. The SMILES string of the molecule is CCS(=O)(=O)N(CC#N)SC(Cl)(Cl)C(F)(Cl)Cl. The molecule has 11 heteroatoms. The van der Waals surface area contributed by atoms with E-state index in [0.29, 0.717) is 3.71 Å². The van der Waals surface area contributed by atoms with Gasteiger partial charge < -0.3 is 0 Å². The van der Waals surface area contributed by atoms with Gasteiger partial charge in [-0.3, -0.25) is 0 Å². The smallest absolute Gasteiger partial charge is 0.211 e. The Bertz CT molecular complexity index is 403. The molecule has 0 aliphatic carbocycles. The summed E-state index contributed by atoms with van der Waals surface area (Å²) in [4.78, 5) is 0. The van der Waals surface area contributed by atoms with Crippen molar-refractivity contribution in [3.63, 3.8) is 0 Å². The normalized spacial score (nSPS) is 13.8. The molecule has 0 spiro atoms. The molecule has 0 rings (SSSR count). The van der Waals surface area contributed by atoms with Crippen molar-refractivity contribution in [2.45, 2.75) is 15.2 Å². The second-order valence-corrected chi connectivity index (χ2v) is 9.28. The second-order valence-electron chi connectivity index (χ2n) is 2.63. The molecule has 0 amide bonds. The maximum atomic E-state index is 13.2. The molecule has 0 atom stereocenters. The molecule has 0 N–H and O–H groups in total. The topological polar surface area (TPSA) is 61.2 Å². The van der Waals surface area contributed by atoms with Crippen LogP contribution in [-0.4, -0.2) is 32.7 Å². The number of hydrogen-bond donors (Lipinski definition) is 0. The van der Waals surface area contributed by atoms with Gasteiger partial charge in [0.15, 0.2) is 0 Å². The Morgan fingerprint density at radius 2 is 1.88 bits per heavy atom. The third-order valence-electron chi connectivity index (χ3n) is 1.42. The summed E-state index contributed by atoms with van der Waals surface area (Å²) in [6, 6.07) is 1.58. The van der Waals surface area contributed by atoms with Gasteiger partial charge in [0.2, 0.25) is 13.7 Å². The fourth-order valence-corrected chi connectivity index (χ4v) is 3.65. The van der Waals surface area contributed by atoms with E-state index in [4.69, 9.17) is 51.7 Å². The van der Waals surface area contributed by atoms with Gasteiger partial charge in [0.05, 0.1) is 11.8 Å². The lowest BCUT2D eigenvalue weighted by molar-refractivity contribution is 0.399. The van der Waals surface area contributed by atoms with Gasteiger partial charge in [-0.05, 0) is 18.9 Å². The summed E-state index contributed by atoms with van der Waals surface area (Å²) >= 11 is 21.2. The van der Waals surface area contributed by atoms with Crippen LogP contribution >= 0.6 is 58.4 Å². The first-order chi connectivity index (χ1) is 7.48. The maximum absolute atomic E-state index is 13.2. The van der Waals surface area contributed by atoms with E-state index in [1.165, 1.54) is 6.92 Å². The van der Waals surface area contributed by atoms with Crippen molar-refractivity contribution in [1.82, 2.24) is 3.71 Å². The Morgan fingerprint density at radius 1 is 1.41 bits per heavy atom. The van der Waals surface area contributed by atoms with Crippen LogP contribution in [0.25, 0.3) is 0 Å². The predicted octanol–water partition coefficient (Wildman–Crippen LogP) is 3.04. The number of halogens is 5. The number of nitrogens with zero attached hydrogens (tertiary/aromatic N) is 2. The molecule has 0 heterocycles. The van der Waals surface area contributed by atoms with Crippen LogP contribution in [0.4, 0.5) is 4.39 Å². The van der Waals surface area contributed by atoms with Gasteiger partial charge in [0.25, 0.3) is 0 Å². The van der Waals surface area contributed by atoms with Crippen molar-refractivity contribution in [3.05, 3.63) is 0 Å². The number of nitriles is 1. The Kier molecular flexibility index (Phi) is 6.64. The lowest BCUT2D eigenvalue weighted by Crippen LogP contribution is -2.36. The van der Waals surface area contributed by atoms with Gasteiger partial charge in [-0.1, -0.05) is 46.4 Å². The molecule has 100 valence electrons. The molecular weight excluding hydrogens is 357 g/mol. The number of alkyl halides is 5. The minimum Gasteiger partial charge on any atom is -0.211 e. The van der Waals surface area contributed by atoms with Gasteiger partial charge in [-0.15, -0.1) is 3.71 Å². The molecule has 0 fully saturated rings. The van der Waals surface area contributed by atoms with E-state index in [1.807, 2.05) is 0 Å². The Hall–Kier alpha value is 0.840.